The van der Waals surface area contributed by atoms with Crippen molar-refractivity contribution in [3.8, 4) is 6.07 Å². The number of nitriles is 1. The Kier molecular flexibility index (Phi) is 3.15. The summed E-state index contributed by atoms with van der Waals surface area (Å²) in [6, 6.07) is 4.25. The first-order chi connectivity index (χ1) is 6.56. The van der Waals surface area contributed by atoms with Crippen molar-refractivity contribution in [3.05, 3.63) is 35.4 Å². The molecule has 74 valence electrons. The molecule has 1 aromatic carbocycles. The molecule has 0 aliphatic rings. The zero-order chi connectivity index (χ0) is 10.7. The van der Waals surface area contributed by atoms with Crippen LogP contribution in [-0.2, 0) is 0 Å². The number of rotatable bonds is 2. The van der Waals surface area contributed by atoms with Gasteiger partial charge in [0.05, 0.1) is 6.07 Å². The summed E-state index contributed by atoms with van der Waals surface area (Å²) >= 11 is 0. The Balaban J connectivity index is 3.17. The number of nitrogens with zero attached hydrogens (tertiary/aromatic N) is 2. The second kappa shape index (κ2) is 4.16. The minimum Gasteiger partial charge on any atom is -0.290 e. The third kappa shape index (κ3) is 2.06. The van der Waals surface area contributed by atoms with Crippen LogP contribution in [0.5, 0.6) is 0 Å². The highest BCUT2D eigenvalue weighted by atomic mass is 19.1. The SMILES string of the molecule is CN(C)C(C#N)c1cc(F)ccc1F. The lowest BCUT2D eigenvalue weighted by Crippen LogP contribution is -2.19. The molecule has 14 heavy (non-hydrogen) atoms. The molecule has 1 atom stereocenters. The lowest BCUT2D eigenvalue weighted by Gasteiger charge is -2.17. The van der Waals surface area contributed by atoms with Crippen molar-refractivity contribution >= 4 is 0 Å². The van der Waals surface area contributed by atoms with Crippen molar-refractivity contribution in [1.82, 2.24) is 4.90 Å². The molecule has 1 aromatic rings. The molecular formula is C10H10F2N2. The van der Waals surface area contributed by atoms with Crippen LogP contribution < -0.4 is 0 Å². The molecular weight excluding hydrogens is 186 g/mol. The third-order valence-electron chi connectivity index (χ3n) is 1.89. The molecule has 0 fully saturated rings. The average molecular weight is 196 g/mol. The Bertz CT molecular complexity index is 369. The van der Waals surface area contributed by atoms with E-state index in [1.807, 2.05) is 6.07 Å². The van der Waals surface area contributed by atoms with Gasteiger partial charge in [-0.25, -0.2) is 8.78 Å². The summed E-state index contributed by atoms with van der Waals surface area (Å²) in [6.45, 7) is 0. The summed E-state index contributed by atoms with van der Waals surface area (Å²) < 4.78 is 26.0. The van der Waals surface area contributed by atoms with Crippen LogP contribution in [0, 0.1) is 23.0 Å². The maximum Gasteiger partial charge on any atom is 0.129 e. The van der Waals surface area contributed by atoms with Gasteiger partial charge in [-0.1, -0.05) is 0 Å². The van der Waals surface area contributed by atoms with E-state index in [4.69, 9.17) is 5.26 Å². The average Bonchev–Trinajstić information content (AvgIpc) is 2.11. The van der Waals surface area contributed by atoms with Crippen molar-refractivity contribution < 1.29 is 8.78 Å². The predicted octanol–water partition coefficient (Wildman–Crippen LogP) is 2.09. The Morgan fingerprint density at radius 1 is 1.36 bits per heavy atom. The fraction of sp³-hybridized carbons (Fsp3) is 0.300. The summed E-state index contributed by atoms with van der Waals surface area (Å²) in [5.41, 5.74) is 0.0671. The van der Waals surface area contributed by atoms with Crippen molar-refractivity contribution in [2.45, 2.75) is 6.04 Å². The Morgan fingerprint density at radius 2 is 2.00 bits per heavy atom. The monoisotopic (exact) mass is 196 g/mol. The lowest BCUT2D eigenvalue weighted by atomic mass is 10.1. The molecule has 0 radical (unpaired) electrons. The highest BCUT2D eigenvalue weighted by Crippen LogP contribution is 2.21. The predicted molar refractivity (Wildman–Crippen MR) is 48.4 cm³/mol. The Labute approximate surface area is 81.4 Å². The minimum absolute atomic E-state index is 0.0671. The van der Waals surface area contributed by atoms with E-state index in [2.05, 4.69) is 0 Å². The summed E-state index contributed by atoms with van der Waals surface area (Å²) in [5, 5.41) is 8.78. The number of halogens is 2. The topological polar surface area (TPSA) is 27.0 Å². The standard InChI is InChI=1S/C10H10F2N2/c1-14(2)10(6-13)8-5-7(11)3-4-9(8)12/h3-5,10H,1-2H3. The van der Waals surface area contributed by atoms with Gasteiger partial charge in [0.1, 0.15) is 17.7 Å². The lowest BCUT2D eigenvalue weighted by molar-refractivity contribution is 0.348. The van der Waals surface area contributed by atoms with Crippen molar-refractivity contribution in [2.24, 2.45) is 0 Å². The van der Waals surface area contributed by atoms with E-state index in [9.17, 15) is 8.78 Å². The van der Waals surface area contributed by atoms with Crippen LogP contribution >= 0.6 is 0 Å². The van der Waals surface area contributed by atoms with Gasteiger partial charge in [-0.05, 0) is 32.3 Å². The Hall–Kier alpha value is -1.47. The van der Waals surface area contributed by atoms with Crippen molar-refractivity contribution in [3.63, 3.8) is 0 Å². The molecule has 0 amide bonds. The number of hydrogen-bond donors (Lipinski definition) is 0. The fourth-order valence-corrected chi connectivity index (χ4v) is 1.19. The second-order valence-electron chi connectivity index (χ2n) is 3.16. The van der Waals surface area contributed by atoms with Crippen LogP contribution in [0.4, 0.5) is 8.78 Å². The van der Waals surface area contributed by atoms with E-state index < -0.39 is 17.7 Å². The second-order valence-corrected chi connectivity index (χ2v) is 3.16. The van der Waals surface area contributed by atoms with Gasteiger partial charge in [-0.3, -0.25) is 4.90 Å². The normalized spacial score (nSPS) is 12.6. The zero-order valence-corrected chi connectivity index (χ0v) is 7.96. The van der Waals surface area contributed by atoms with Crippen LogP contribution in [0.1, 0.15) is 11.6 Å². The fourth-order valence-electron chi connectivity index (χ4n) is 1.19. The van der Waals surface area contributed by atoms with Crippen molar-refractivity contribution in [2.75, 3.05) is 14.1 Å². The zero-order valence-electron chi connectivity index (χ0n) is 7.96. The minimum atomic E-state index is -0.759. The molecule has 0 aromatic heterocycles. The first-order valence-electron chi connectivity index (χ1n) is 4.07. The molecule has 0 bridgehead atoms. The molecule has 0 aliphatic heterocycles. The molecule has 2 nitrogen and oxygen atoms in total. The summed E-state index contributed by atoms with van der Waals surface area (Å²) in [6.07, 6.45) is 0. The maximum absolute atomic E-state index is 13.2. The van der Waals surface area contributed by atoms with E-state index in [1.165, 1.54) is 4.90 Å². The van der Waals surface area contributed by atoms with Gasteiger partial charge in [0, 0.05) is 5.56 Å². The Morgan fingerprint density at radius 3 is 2.50 bits per heavy atom. The van der Waals surface area contributed by atoms with Crippen molar-refractivity contribution in [1.29, 1.82) is 5.26 Å². The number of hydrogen-bond acceptors (Lipinski definition) is 2. The smallest absolute Gasteiger partial charge is 0.129 e. The summed E-state index contributed by atoms with van der Waals surface area (Å²) in [4.78, 5) is 1.53. The third-order valence-corrected chi connectivity index (χ3v) is 1.89. The molecule has 0 N–H and O–H groups in total. The molecule has 0 saturated heterocycles. The number of benzene rings is 1. The van der Waals surface area contributed by atoms with Crippen LogP contribution in [0.15, 0.2) is 18.2 Å². The van der Waals surface area contributed by atoms with Gasteiger partial charge in [0.15, 0.2) is 0 Å². The molecule has 1 rings (SSSR count). The van der Waals surface area contributed by atoms with Gasteiger partial charge < -0.3 is 0 Å². The molecule has 1 unspecified atom stereocenters. The largest absolute Gasteiger partial charge is 0.290 e. The molecule has 0 aliphatic carbocycles. The highest BCUT2D eigenvalue weighted by molar-refractivity contribution is 5.26. The first-order valence-corrected chi connectivity index (χ1v) is 4.07. The van der Waals surface area contributed by atoms with Crippen LogP contribution in [0.2, 0.25) is 0 Å². The van der Waals surface area contributed by atoms with Crippen LogP contribution in [0.25, 0.3) is 0 Å². The van der Waals surface area contributed by atoms with E-state index in [0.29, 0.717) is 0 Å². The van der Waals surface area contributed by atoms with E-state index in [-0.39, 0.29) is 5.56 Å². The van der Waals surface area contributed by atoms with Crippen LogP contribution in [-0.4, -0.2) is 19.0 Å². The van der Waals surface area contributed by atoms with Gasteiger partial charge in [0.2, 0.25) is 0 Å². The summed E-state index contributed by atoms with van der Waals surface area (Å²) in [7, 11) is 3.27. The molecule has 4 heteroatoms. The van der Waals surface area contributed by atoms with Gasteiger partial charge in [0.25, 0.3) is 0 Å². The van der Waals surface area contributed by atoms with Gasteiger partial charge in [-0.15, -0.1) is 0 Å². The quantitative estimate of drug-likeness (QED) is 0.724. The van der Waals surface area contributed by atoms with Gasteiger partial charge in [-0.2, -0.15) is 5.26 Å². The van der Waals surface area contributed by atoms with E-state index in [0.717, 1.165) is 18.2 Å². The molecule has 0 heterocycles. The van der Waals surface area contributed by atoms with Gasteiger partial charge >= 0.3 is 0 Å². The van der Waals surface area contributed by atoms with Crippen LogP contribution in [0.3, 0.4) is 0 Å². The van der Waals surface area contributed by atoms with E-state index in [1.54, 1.807) is 14.1 Å². The first kappa shape index (κ1) is 10.6. The van der Waals surface area contributed by atoms with E-state index >= 15 is 0 Å². The highest BCUT2D eigenvalue weighted by Gasteiger charge is 2.17. The molecule has 0 spiro atoms. The molecule has 0 saturated carbocycles. The maximum atomic E-state index is 13.2. The summed E-state index contributed by atoms with van der Waals surface area (Å²) in [5.74, 6) is -1.10.